The molecule has 0 aromatic rings. The van der Waals surface area contributed by atoms with E-state index in [1.807, 2.05) is 27.7 Å². The Hall–Kier alpha value is -3.74. The van der Waals surface area contributed by atoms with E-state index in [2.05, 4.69) is 21.3 Å². The number of allylic oxidation sites excluding steroid dienone is 4. The van der Waals surface area contributed by atoms with Crippen LogP contribution in [0.3, 0.4) is 0 Å². The zero-order valence-electron chi connectivity index (χ0n) is 31.9. The van der Waals surface area contributed by atoms with Crippen LogP contribution in [0.15, 0.2) is 34.4 Å². The van der Waals surface area contributed by atoms with Crippen LogP contribution in [0.1, 0.15) is 108 Å². The third-order valence-corrected chi connectivity index (χ3v) is 8.67. The molecule has 1 heterocycles. The zero-order valence-corrected chi connectivity index (χ0v) is 31.9. The van der Waals surface area contributed by atoms with Crippen molar-refractivity contribution in [1.29, 1.82) is 0 Å². The Morgan fingerprint density at radius 3 is 2.16 bits per heavy atom. The van der Waals surface area contributed by atoms with Crippen LogP contribution >= 0.6 is 0 Å². The van der Waals surface area contributed by atoms with Crippen molar-refractivity contribution in [3.63, 3.8) is 0 Å². The van der Waals surface area contributed by atoms with Gasteiger partial charge in [0.15, 0.2) is 11.6 Å². The lowest BCUT2D eigenvalue weighted by Crippen LogP contribution is -2.52. The van der Waals surface area contributed by atoms with Crippen molar-refractivity contribution in [3.8, 4) is 0 Å². The standard InChI is InChI=1S/C37H59BN4O8/c1-20(2)17-25(41-36(48)50-37(8,9)10)15-16-28(38)35(47)49-26-18-30(39-19-26)34(46)42-29(33(45)40-21(3)4)14-12-11-13-27-24(7)31(43)22(5)23(6)32(27)44/h15-16,20-21,25-26,28-30,39H,11-14,17-19,38H2,1-10H3,(H,40,45)(H,41,48)(H,42,46)/b16-15+/t25-,26?,28+,29+,30+/m1/s1. The van der Waals surface area contributed by atoms with Gasteiger partial charge < -0.3 is 30.7 Å². The minimum atomic E-state index is -0.797. The molecule has 1 fully saturated rings. The predicted octanol–water partition coefficient (Wildman–Crippen LogP) is 3.55. The van der Waals surface area contributed by atoms with Crippen molar-refractivity contribution in [2.75, 3.05) is 6.54 Å². The topological polar surface area (TPSA) is 169 Å². The number of alkyl carbamates (subject to hydrolysis) is 1. The number of hydrogen-bond acceptors (Lipinski definition) is 9. The molecule has 2 rings (SSSR count). The van der Waals surface area contributed by atoms with Gasteiger partial charge in [-0.15, -0.1) is 0 Å². The summed E-state index contributed by atoms with van der Waals surface area (Å²) in [6.07, 6.45) is 5.21. The summed E-state index contributed by atoms with van der Waals surface area (Å²) in [5.41, 5.74) is 1.30. The Balaban J connectivity index is 1.94. The van der Waals surface area contributed by atoms with E-state index >= 15 is 0 Å². The third-order valence-electron chi connectivity index (χ3n) is 8.67. The highest BCUT2D eigenvalue weighted by atomic mass is 16.6. The van der Waals surface area contributed by atoms with E-state index in [1.165, 1.54) is 0 Å². The summed E-state index contributed by atoms with van der Waals surface area (Å²) in [5.74, 6) is -1.65. The highest BCUT2D eigenvalue weighted by Crippen LogP contribution is 2.27. The summed E-state index contributed by atoms with van der Waals surface area (Å²) < 4.78 is 11.1. The first-order valence-corrected chi connectivity index (χ1v) is 17.9. The summed E-state index contributed by atoms with van der Waals surface area (Å²) in [6.45, 7) is 18.4. The molecule has 1 unspecified atom stereocenters. The van der Waals surface area contributed by atoms with Gasteiger partial charge in [0.1, 0.15) is 25.6 Å². The molecular formula is C37H59BN4O8. The molecule has 3 amide bonds. The highest BCUT2D eigenvalue weighted by molar-refractivity contribution is 6.25. The minimum absolute atomic E-state index is 0.111. The monoisotopic (exact) mass is 698 g/mol. The zero-order chi connectivity index (χ0) is 37.9. The van der Waals surface area contributed by atoms with E-state index in [4.69, 9.17) is 9.47 Å². The second-order valence-electron chi connectivity index (χ2n) is 15.3. The Morgan fingerprint density at radius 2 is 1.56 bits per heavy atom. The quantitative estimate of drug-likeness (QED) is 0.0620. The Labute approximate surface area is 298 Å². The number of Topliss-reactive ketones (excluding diaryl/α,β-unsaturated/α-hetero) is 2. The fraction of sp³-hybridized carbons (Fsp3) is 0.676. The van der Waals surface area contributed by atoms with Gasteiger partial charge >= 0.3 is 12.1 Å². The number of ketones is 2. The average molecular weight is 699 g/mol. The molecule has 0 bridgehead atoms. The van der Waals surface area contributed by atoms with E-state index in [0.29, 0.717) is 54.4 Å². The second kappa shape index (κ2) is 19.0. The van der Waals surface area contributed by atoms with Crippen molar-refractivity contribution in [1.82, 2.24) is 21.3 Å². The molecule has 278 valence electrons. The highest BCUT2D eigenvalue weighted by Gasteiger charge is 2.34. The van der Waals surface area contributed by atoms with Gasteiger partial charge in [0.25, 0.3) is 0 Å². The van der Waals surface area contributed by atoms with Gasteiger partial charge in [-0.3, -0.25) is 24.0 Å². The van der Waals surface area contributed by atoms with Crippen molar-refractivity contribution >= 4 is 43.3 Å². The molecule has 0 aromatic heterocycles. The number of carbonyl (C=O) groups excluding carboxylic acids is 6. The minimum Gasteiger partial charge on any atom is -0.461 e. The number of amides is 3. The number of ether oxygens (including phenoxy) is 2. The number of nitrogens with one attached hydrogen (secondary N) is 4. The van der Waals surface area contributed by atoms with Crippen molar-refractivity contribution < 1.29 is 38.2 Å². The first-order valence-electron chi connectivity index (χ1n) is 17.9. The van der Waals surface area contributed by atoms with Crippen LogP contribution < -0.4 is 21.3 Å². The number of rotatable bonds is 16. The molecule has 5 atom stereocenters. The van der Waals surface area contributed by atoms with Crippen molar-refractivity contribution in [2.24, 2.45) is 5.92 Å². The lowest BCUT2D eigenvalue weighted by Gasteiger charge is -2.23. The predicted molar refractivity (Wildman–Crippen MR) is 195 cm³/mol. The van der Waals surface area contributed by atoms with E-state index in [1.54, 1.807) is 61.5 Å². The number of esters is 1. The maximum Gasteiger partial charge on any atom is 0.408 e. The molecule has 0 radical (unpaired) electrons. The first-order chi connectivity index (χ1) is 23.2. The van der Waals surface area contributed by atoms with Gasteiger partial charge in [-0.05, 0) is 87.0 Å². The molecule has 0 spiro atoms. The fourth-order valence-electron chi connectivity index (χ4n) is 5.83. The van der Waals surface area contributed by atoms with Crippen LogP contribution in [0.5, 0.6) is 0 Å². The van der Waals surface area contributed by atoms with Crippen LogP contribution in [0.2, 0.25) is 5.82 Å². The largest absolute Gasteiger partial charge is 0.461 e. The lowest BCUT2D eigenvalue weighted by molar-refractivity contribution is -0.147. The molecule has 12 nitrogen and oxygen atoms in total. The molecule has 4 N–H and O–H groups in total. The SMILES string of the molecule is B[C@@H](/C=C/[C@H](CC(C)C)NC(=O)OC(C)(C)C)C(=O)OC1CN[C@H](C(=O)N[C@@H](CCCCC2=C(C)C(=O)C(C)=C(C)C2=O)C(=O)NC(C)C)C1. The molecule has 1 saturated heterocycles. The fourth-order valence-corrected chi connectivity index (χ4v) is 5.83. The first kappa shape index (κ1) is 42.4. The molecule has 13 heteroatoms. The smallest absolute Gasteiger partial charge is 0.408 e. The number of unbranched alkanes of at least 4 members (excludes halogenated alkanes) is 1. The van der Waals surface area contributed by atoms with Gasteiger partial charge in [-0.25, -0.2) is 4.79 Å². The van der Waals surface area contributed by atoms with Gasteiger partial charge in [0.05, 0.1) is 12.1 Å². The van der Waals surface area contributed by atoms with E-state index < -0.39 is 41.7 Å². The normalized spacial score (nSPS) is 20.3. The Morgan fingerprint density at radius 1 is 0.920 bits per heavy atom. The second-order valence-corrected chi connectivity index (χ2v) is 15.3. The van der Waals surface area contributed by atoms with E-state index in [-0.39, 0.29) is 54.3 Å². The summed E-state index contributed by atoms with van der Waals surface area (Å²) in [5, 5.41) is 11.7. The maximum atomic E-state index is 13.3. The van der Waals surface area contributed by atoms with Crippen molar-refractivity contribution in [2.45, 2.75) is 149 Å². The lowest BCUT2D eigenvalue weighted by atomic mass is 9.84. The van der Waals surface area contributed by atoms with Crippen LogP contribution in [0, 0.1) is 5.92 Å². The van der Waals surface area contributed by atoms with Crippen LogP contribution in [0.4, 0.5) is 4.79 Å². The van der Waals surface area contributed by atoms with E-state index in [9.17, 15) is 28.8 Å². The molecule has 1 aliphatic heterocycles. The van der Waals surface area contributed by atoms with Gasteiger partial charge in [-0.2, -0.15) is 0 Å². The molecule has 1 aliphatic carbocycles. The number of hydrogen-bond donors (Lipinski definition) is 4. The maximum absolute atomic E-state index is 13.3. The molecule has 2 aliphatic rings. The van der Waals surface area contributed by atoms with E-state index in [0.717, 1.165) is 0 Å². The molecular weight excluding hydrogens is 639 g/mol. The molecule has 50 heavy (non-hydrogen) atoms. The summed E-state index contributed by atoms with van der Waals surface area (Å²) >= 11 is 0. The van der Waals surface area contributed by atoms with Crippen LogP contribution in [-0.4, -0.2) is 85.7 Å². The summed E-state index contributed by atoms with van der Waals surface area (Å²) in [7, 11) is 1.71. The van der Waals surface area contributed by atoms with Gasteiger partial charge in [-0.1, -0.05) is 32.4 Å². The Kier molecular flexibility index (Phi) is 16.2. The van der Waals surface area contributed by atoms with Crippen LogP contribution in [-0.2, 0) is 33.4 Å². The third kappa shape index (κ3) is 13.5. The van der Waals surface area contributed by atoms with Gasteiger partial charge in [0, 0.05) is 47.1 Å². The summed E-state index contributed by atoms with van der Waals surface area (Å²) in [4.78, 5) is 76.9. The Bertz CT molecular complexity index is 1380. The summed E-state index contributed by atoms with van der Waals surface area (Å²) in [6, 6.07) is -1.91. The van der Waals surface area contributed by atoms with Gasteiger partial charge in [0.2, 0.25) is 11.8 Å². The molecule has 0 aromatic carbocycles. The molecule has 0 saturated carbocycles. The van der Waals surface area contributed by atoms with Crippen molar-refractivity contribution in [3.05, 3.63) is 34.4 Å². The average Bonchev–Trinajstić information content (AvgIpc) is 3.47. The van der Waals surface area contributed by atoms with Crippen LogP contribution in [0.25, 0.3) is 0 Å². The number of carbonyl (C=O) groups is 6.